The SMILES string of the molecule is C[C@H](O)CNC(=O)c1ccc(-c2nn[nH]n2)cc1. The smallest absolute Gasteiger partial charge is 0.251 e. The maximum absolute atomic E-state index is 11.7. The van der Waals surface area contributed by atoms with E-state index in [1.54, 1.807) is 31.2 Å². The van der Waals surface area contributed by atoms with Crippen molar-refractivity contribution in [3.63, 3.8) is 0 Å². The van der Waals surface area contributed by atoms with Gasteiger partial charge in [0, 0.05) is 17.7 Å². The van der Waals surface area contributed by atoms with Gasteiger partial charge in [-0.1, -0.05) is 12.1 Å². The first-order valence-corrected chi connectivity index (χ1v) is 5.47. The van der Waals surface area contributed by atoms with Crippen molar-refractivity contribution in [3.8, 4) is 11.4 Å². The molecule has 3 N–H and O–H groups in total. The second-order valence-electron chi connectivity index (χ2n) is 3.87. The fraction of sp³-hybridized carbons (Fsp3) is 0.273. The van der Waals surface area contributed by atoms with Gasteiger partial charge in [-0.2, -0.15) is 5.21 Å². The van der Waals surface area contributed by atoms with Gasteiger partial charge in [-0.25, -0.2) is 0 Å². The standard InChI is InChI=1S/C11H13N5O2/c1-7(17)6-12-11(18)9-4-2-8(3-5-9)10-13-15-16-14-10/h2-5,7,17H,6H2,1H3,(H,12,18)(H,13,14,15,16)/t7-/m0/s1. The van der Waals surface area contributed by atoms with Crippen LogP contribution in [0.1, 0.15) is 17.3 Å². The van der Waals surface area contributed by atoms with Gasteiger partial charge in [-0.3, -0.25) is 4.79 Å². The molecule has 2 rings (SSSR count). The molecule has 0 aliphatic heterocycles. The van der Waals surface area contributed by atoms with Crippen LogP contribution in [0.5, 0.6) is 0 Å². The summed E-state index contributed by atoms with van der Waals surface area (Å²) in [7, 11) is 0. The Morgan fingerprint density at radius 3 is 2.72 bits per heavy atom. The molecule has 2 aromatic rings. The fourth-order valence-electron chi connectivity index (χ4n) is 1.40. The van der Waals surface area contributed by atoms with Crippen LogP contribution in [0.3, 0.4) is 0 Å². The lowest BCUT2D eigenvalue weighted by Gasteiger charge is -2.07. The number of aromatic nitrogens is 4. The van der Waals surface area contributed by atoms with Gasteiger partial charge >= 0.3 is 0 Å². The maximum Gasteiger partial charge on any atom is 0.251 e. The van der Waals surface area contributed by atoms with E-state index in [0.717, 1.165) is 5.56 Å². The van der Waals surface area contributed by atoms with Crippen LogP contribution in [0.15, 0.2) is 24.3 Å². The number of aliphatic hydroxyl groups is 1. The molecule has 0 aliphatic carbocycles. The number of carbonyl (C=O) groups excluding carboxylic acids is 1. The molecule has 1 aromatic carbocycles. The number of hydrogen-bond acceptors (Lipinski definition) is 5. The van der Waals surface area contributed by atoms with Crippen LogP contribution in [0.4, 0.5) is 0 Å². The summed E-state index contributed by atoms with van der Waals surface area (Å²) in [6.07, 6.45) is -0.562. The molecule has 0 radical (unpaired) electrons. The van der Waals surface area contributed by atoms with Crippen molar-refractivity contribution in [2.24, 2.45) is 0 Å². The summed E-state index contributed by atoms with van der Waals surface area (Å²) in [4.78, 5) is 11.7. The number of carbonyl (C=O) groups is 1. The van der Waals surface area contributed by atoms with Crippen LogP contribution >= 0.6 is 0 Å². The molecule has 7 nitrogen and oxygen atoms in total. The molecule has 1 aromatic heterocycles. The normalized spacial score (nSPS) is 12.1. The van der Waals surface area contributed by atoms with Crippen LogP contribution < -0.4 is 5.32 Å². The maximum atomic E-state index is 11.7. The van der Waals surface area contributed by atoms with Crippen LogP contribution in [0, 0.1) is 0 Å². The molecule has 7 heteroatoms. The van der Waals surface area contributed by atoms with E-state index >= 15 is 0 Å². The highest BCUT2D eigenvalue weighted by atomic mass is 16.3. The lowest BCUT2D eigenvalue weighted by atomic mass is 10.1. The summed E-state index contributed by atoms with van der Waals surface area (Å²) in [6.45, 7) is 1.84. The topological polar surface area (TPSA) is 104 Å². The van der Waals surface area contributed by atoms with Gasteiger partial charge in [0.05, 0.1) is 6.10 Å². The highest BCUT2D eigenvalue weighted by Gasteiger charge is 2.08. The van der Waals surface area contributed by atoms with Crippen LogP contribution in [0.2, 0.25) is 0 Å². The molecular weight excluding hydrogens is 234 g/mol. The third kappa shape index (κ3) is 2.89. The van der Waals surface area contributed by atoms with Crippen LogP contribution in [0.25, 0.3) is 11.4 Å². The molecule has 94 valence electrons. The summed E-state index contributed by atoms with van der Waals surface area (Å²) in [5.74, 6) is 0.251. The molecule has 0 spiro atoms. The van der Waals surface area contributed by atoms with Gasteiger partial charge in [-0.15, -0.1) is 10.2 Å². The Bertz CT molecular complexity index is 507. The Balaban J connectivity index is 2.06. The van der Waals surface area contributed by atoms with Crippen molar-refractivity contribution in [1.29, 1.82) is 0 Å². The second-order valence-corrected chi connectivity index (χ2v) is 3.87. The predicted molar refractivity (Wildman–Crippen MR) is 63.6 cm³/mol. The van der Waals surface area contributed by atoms with E-state index in [1.165, 1.54) is 0 Å². The first kappa shape index (κ1) is 12.2. The highest BCUT2D eigenvalue weighted by Crippen LogP contribution is 2.13. The number of H-pyrrole nitrogens is 1. The monoisotopic (exact) mass is 247 g/mol. The minimum Gasteiger partial charge on any atom is -0.392 e. The van der Waals surface area contributed by atoms with Crippen molar-refractivity contribution in [2.75, 3.05) is 6.54 Å². The third-order valence-electron chi connectivity index (χ3n) is 2.31. The minimum atomic E-state index is -0.562. The molecule has 1 amide bonds. The first-order chi connectivity index (χ1) is 8.66. The Morgan fingerprint density at radius 2 is 2.17 bits per heavy atom. The minimum absolute atomic E-state index is 0.226. The van der Waals surface area contributed by atoms with E-state index in [4.69, 9.17) is 5.11 Å². The Hall–Kier alpha value is -2.28. The van der Waals surface area contributed by atoms with Gasteiger partial charge in [0.25, 0.3) is 5.91 Å². The number of rotatable bonds is 4. The highest BCUT2D eigenvalue weighted by molar-refractivity contribution is 5.94. The molecule has 1 heterocycles. The second kappa shape index (κ2) is 5.37. The lowest BCUT2D eigenvalue weighted by Crippen LogP contribution is -2.30. The number of benzene rings is 1. The molecular formula is C11H13N5O2. The zero-order valence-corrected chi connectivity index (χ0v) is 9.79. The predicted octanol–water partition coefficient (Wildman–Crippen LogP) is -0.0227. The molecule has 18 heavy (non-hydrogen) atoms. The Kier molecular flexibility index (Phi) is 3.63. The van der Waals surface area contributed by atoms with E-state index < -0.39 is 6.10 Å². The zero-order valence-electron chi connectivity index (χ0n) is 9.79. The summed E-state index contributed by atoms with van der Waals surface area (Å²) in [5.41, 5.74) is 1.29. The van der Waals surface area contributed by atoms with Gasteiger partial charge in [0.1, 0.15) is 0 Å². The van der Waals surface area contributed by atoms with Gasteiger partial charge in [0.2, 0.25) is 5.82 Å². The largest absolute Gasteiger partial charge is 0.392 e. The van der Waals surface area contributed by atoms with E-state index in [2.05, 4.69) is 25.9 Å². The van der Waals surface area contributed by atoms with Crippen molar-refractivity contribution in [1.82, 2.24) is 25.9 Å². The lowest BCUT2D eigenvalue weighted by molar-refractivity contribution is 0.0924. The number of nitrogens with zero attached hydrogens (tertiary/aromatic N) is 3. The van der Waals surface area contributed by atoms with E-state index in [0.29, 0.717) is 11.4 Å². The number of hydrogen-bond donors (Lipinski definition) is 3. The third-order valence-corrected chi connectivity index (χ3v) is 2.31. The summed E-state index contributed by atoms with van der Waals surface area (Å²) in [5, 5.41) is 25.2. The zero-order chi connectivity index (χ0) is 13.0. The number of nitrogens with one attached hydrogen (secondary N) is 2. The first-order valence-electron chi connectivity index (χ1n) is 5.47. The molecule has 1 atom stereocenters. The number of amides is 1. The fourth-order valence-corrected chi connectivity index (χ4v) is 1.40. The van der Waals surface area contributed by atoms with Crippen molar-refractivity contribution in [3.05, 3.63) is 29.8 Å². The molecule has 0 aliphatic rings. The summed E-state index contributed by atoms with van der Waals surface area (Å²) < 4.78 is 0. The van der Waals surface area contributed by atoms with Crippen molar-refractivity contribution >= 4 is 5.91 Å². The molecule has 0 unspecified atom stereocenters. The Labute approximate surface area is 103 Å². The van der Waals surface area contributed by atoms with Gasteiger partial charge in [0.15, 0.2) is 0 Å². The van der Waals surface area contributed by atoms with E-state index in [-0.39, 0.29) is 12.5 Å². The van der Waals surface area contributed by atoms with Gasteiger partial charge < -0.3 is 10.4 Å². The van der Waals surface area contributed by atoms with E-state index in [9.17, 15) is 4.79 Å². The molecule has 0 saturated carbocycles. The molecule has 0 saturated heterocycles. The average Bonchev–Trinajstić information content (AvgIpc) is 2.90. The molecule has 0 bridgehead atoms. The van der Waals surface area contributed by atoms with Crippen LogP contribution in [-0.2, 0) is 0 Å². The summed E-state index contributed by atoms with van der Waals surface area (Å²) >= 11 is 0. The number of aromatic amines is 1. The summed E-state index contributed by atoms with van der Waals surface area (Å²) in [6, 6.07) is 6.82. The quantitative estimate of drug-likeness (QED) is 0.704. The van der Waals surface area contributed by atoms with E-state index in [1.807, 2.05) is 0 Å². The Morgan fingerprint density at radius 1 is 1.44 bits per heavy atom. The average molecular weight is 247 g/mol. The number of tetrazole rings is 1. The number of aliphatic hydroxyl groups excluding tert-OH is 1. The van der Waals surface area contributed by atoms with Crippen molar-refractivity contribution in [2.45, 2.75) is 13.0 Å². The van der Waals surface area contributed by atoms with Crippen molar-refractivity contribution < 1.29 is 9.90 Å². The molecule has 0 fully saturated rings. The van der Waals surface area contributed by atoms with Crippen LogP contribution in [-0.4, -0.2) is 44.3 Å². The van der Waals surface area contributed by atoms with Gasteiger partial charge in [-0.05, 0) is 24.3 Å².